The largest absolute Gasteiger partial charge is 0.468 e. The fourth-order valence-corrected chi connectivity index (χ4v) is 3.63. The van der Waals surface area contributed by atoms with Crippen molar-refractivity contribution in [1.82, 2.24) is 0 Å². The third-order valence-corrected chi connectivity index (χ3v) is 4.22. The number of fused-ring (bicyclic) bond motifs is 5. The number of aliphatic hydroxyl groups excluding tert-OH is 1. The number of aliphatic hydroxyl groups is 1. The van der Waals surface area contributed by atoms with Crippen LogP contribution >= 0.6 is 0 Å². The minimum absolute atomic E-state index is 0.0000463. The van der Waals surface area contributed by atoms with Gasteiger partial charge in [0.2, 0.25) is 0 Å². The smallest absolute Gasteiger partial charge is 0.316 e. The van der Waals surface area contributed by atoms with E-state index in [0.717, 1.165) is 6.42 Å². The molecule has 0 amide bonds. The fraction of sp³-hybridized carbons (Fsp3) is 0.583. The topological polar surface area (TPSA) is 46.5 Å². The predicted octanol–water partition coefficient (Wildman–Crippen LogP) is 0.899. The molecule has 0 aromatic heterocycles. The van der Waals surface area contributed by atoms with Gasteiger partial charge in [-0.15, -0.1) is 0 Å². The first-order valence-electron chi connectivity index (χ1n) is 5.34. The Kier molecular flexibility index (Phi) is 1.67. The molecule has 80 valence electrons. The Morgan fingerprint density at radius 1 is 1.47 bits per heavy atom. The van der Waals surface area contributed by atoms with E-state index in [1.165, 1.54) is 7.11 Å². The Balaban J connectivity index is 2.09. The van der Waals surface area contributed by atoms with Crippen molar-refractivity contribution in [1.29, 1.82) is 0 Å². The molecule has 3 nitrogen and oxygen atoms in total. The molecular weight excluding hydrogens is 192 g/mol. The SMILES string of the molecule is COC(=O)[C@@]12C=C[C@H](O)C1[C@@H]1C=C[C@H]2C1. The molecule has 2 bridgehead atoms. The fourth-order valence-electron chi connectivity index (χ4n) is 3.63. The summed E-state index contributed by atoms with van der Waals surface area (Å²) in [5, 5.41) is 9.90. The highest BCUT2D eigenvalue weighted by Gasteiger charge is 2.63. The maximum atomic E-state index is 11.9. The Hall–Kier alpha value is -1.09. The highest BCUT2D eigenvalue weighted by Crippen LogP contribution is 2.61. The molecule has 0 radical (unpaired) electrons. The average molecular weight is 206 g/mol. The average Bonchev–Trinajstić information content (AvgIpc) is 2.89. The first-order chi connectivity index (χ1) is 7.20. The molecule has 1 fully saturated rings. The number of esters is 1. The number of ether oxygens (including phenoxy) is 1. The van der Waals surface area contributed by atoms with Crippen molar-refractivity contribution in [3.05, 3.63) is 24.3 Å². The summed E-state index contributed by atoms with van der Waals surface area (Å²) in [5.41, 5.74) is -0.576. The molecule has 0 heterocycles. The first-order valence-corrected chi connectivity index (χ1v) is 5.34. The van der Waals surface area contributed by atoms with E-state index in [9.17, 15) is 9.90 Å². The van der Waals surface area contributed by atoms with E-state index in [4.69, 9.17) is 4.74 Å². The van der Waals surface area contributed by atoms with Gasteiger partial charge in [0.1, 0.15) is 0 Å². The predicted molar refractivity (Wildman–Crippen MR) is 53.8 cm³/mol. The minimum atomic E-state index is -0.576. The lowest BCUT2D eigenvalue weighted by Crippen LogP contribution is -2.42. The molecule has 3 rings (SSSR count). The van der Waals surface area contributed by atoms with Crippen molar-refractivity contribution in [3.8, 4) is 0 Å². The van der Waals surface area contributed by atoms with E-state index in [1.54, 1.807) is 6.08 Å². The molecule has 0 aliphatic heterocycles. The second-order valence-electron chi connectivity index (χ2n) is 4.69. The Morgan fingerprint density at radius 3 is 3.00 bits per heavy atom. The van der Waals surface area contributed by atoms with Crippen molar-refractivity contribution in [2.45, 2.75) is 12.5 Å². The maximum absolute atomic E-state index is 11.9. The van der Waals surface area contributed by atoms with E-state index in [1.807, 2.05) is 6.08 Å². The van der Waals surface area contributed by atoms with Crippen molar-refractivity contribution >= 4 is 5.97 Å². The summed E-state index contributed by atoms with van der Waals surface area (Å²) in [6.07, 6.45) is 8.31. The number of carbonyl (C=O) groups is 1. The number of allylic oxidation sites excluding steroid dienone is 2. The van der Waals surface area contributed by atoms with Crippen LogP contribution in [-0.2, 0) is 9.53 Å². The van der Waals surface area contributed by atoms with E-state index in [0.29, 0.717) is 5.92 Å². The van der Waals surface area contributed by atoms with E-state index in [2.05, 4.69) is 12.2 Å². The van der Waals surface area contributed by atoms with Crippen LogP contribution in [0.25, 0.3) is 0 Å². The number of hydrogen-bond donors (Lipinski definition) is 1. The van der Waals surface area contributed by atoms with Crippen molar-refractivity contribution < 1.29 is 14.6 Å². The number of rotatable bonds is 1. The van der Waals surface area contributed by atoms with Crippen LogP contribution in [0.2, 0.25) is 0 Å². The molecule has 1 unspecified atom stereocenters. The molecular formula is C12H14O3. The lowest BCUT2D eigenvalue weighted by Gasteiger charge is -2.34. The van der Waals surface area contributed by atoms with Crippen molar-refractivity contribution in [2.24, 2.45) is 23.2 Å². The number of methoxy groups -OCH3 is 1. The van der Waals surface area contributed by atoms with Crippen LogP contribution in [0.15, 0.2) is 24.3 Å². The zero-order chi connectivity index (χ0) is 10.6. The van der Waals surface area contributed by atoms with Crippen LogP contribution in [0.4, 0.5) is 0 Å². The zero-order valence-electron chi connectivity index (χ0n) is 8.59. The molecule has 0 aromatic carbocycles. The van der Waals surface area contributed by atoms with Gasteiger partial charge >= 0.3 is 5.97 Å². The van der Waals surface area contributed by atoms with E-state index in [-0.39, 0.29) is 17.8 Å². The molecule has 15 heavy (non-hydrogen) atoms. The van der Waals surface area contributed by atoms with Crippen molar-refractivity contribution in [2.75, 3.05) is 7.11 Å². The normalized spacial score (nSPS) is 49.7. The minimum Gasteiger partial charge on any atom is -0.468 e. The van der Waals surface area contributed by atoms with Crippen LogP contribution in [0, 0.1) is 23.2 Å². The van der Waals surface area contributed by atoms with Gasteiger partial charge in [0, 0.05) is 5.92 Å². The molecule has 3 aliphatic carbocycles. The van der Waals surface area contributed by atoms with Crippen LogP contribution in [0.5, 0.6) is 0 Å². The first kappa shape index (κ1) is 9.16. The Labute approximate surface area is 88.4 Å². The second kappa shape index (κ2) is 2.73. The van der Waals surface area contributed by atoms with Gasteiger partial charge in [0.25, 0.3) is 0 Å². The third kappa shape index (κ3) is 0.875. The highest BCUT2D eigenvalue weighted by molar-refractivity contribution is 5.82. The summed E-state index contributed by atoms with van der Waals surface area (Å²) < 4.78 is 4.90. The Morgan fingerprint density at radius 2 is 2.27 bits per heavy atom. The summed E-state index contributed by atoms with van der Waals surface area (Å²) in [5.74, 6) is 0.351. The van der Waals surface area contributed by atoms with Gasteiger partial charge in [-0.3, -0.25) is 4.79 Å². The number of hydrogen-bond acceptors (Lipinski definition) is 3. The summed E-state index contributed by atoms with van der Waals surface area (Å²) >= 11 is 0. The van der Waals surface area contributed by atoms with Gasteiger partial charge in [0.05, 0.1) is 18.6 Å². The van der Waals surface area contributed by atoms with Gasteiger partial charge < -0.3 is 9.84 Å². The third-order valence-electron chi connectivity index (χ3n) is 4.22. The highest BCUT2D eigenvalue weighted by atomic mass is 16.5. The second-order valence-corrected chi connectivity index (χ2v) is 4.69. The quantitative estimate of drug-likeness (QED) is 0.512. The molecule has 1 N–H and O–H groups in total. The van der Waals surface area contributed by atoms with Gasteiger partial charge in [-0.2, -0.15) is 0 Å². The number of carbonyl (C=O) groups excluding carboxylic acids is 1. The van der Waals surface area contributed by atoms with Gasteiger partial charge in [-0.05, 0) is 18.3 Å². The van der Waals surface area contributed by atoms with Gasteiger partial charge in [-0.25, -0.2) is 0 Å². The summed E-state index contributed by atoms with van der Waals surface area (Å²) in [7, 11) is 1.42. The molecule has 5 atom stereocenters. The molecule has 1 saturated carbocycles. The lowest BCUT2D eigenvalue weighted by atomic mass is 9.70. The van der Waals surface area contributed by atoms with E-state index < -0.39 is 11.5 Å². The molecule has 3 aliphatic rings. The summed E-state index contributed by atoms with van der Waals surface area (Å²) in [6.45, 7) is 0. The molecule has 0 aromatic rings. The van der Waals surface area contributed by atoms with Gasteiger partial charge in [0.15, 0.2) is 0 Å². The molecule has 3 heteroatoms. The maximum Gasteiger partial charge on any atom is 0.316 e. The van der Waals surface area contributed by atoms with Crippen LogP contribution in [0.1, 0.15) is 6.42 Å². The van der Waals surface area contributed by atoms with E-state index >= 15 is 0 Å². The molecule has 0 saturated heterocycles. The van der Waals surface area contributed by atoms with Crippen LogP contribution in [0.3, 0.4) is 0 Å². The van der Waals surface area contributed by atoms with Gasteiger partial charge in [-0.1, -0.05) is 24.3 Å². The summed E-state index contributed by atoms with van der Waals surface area (Å²) in [6, 6.07) is 0. The van der Waals surface area contributed by atoms with Crippen molar-refractivity contribution in [3.63, 3.8) is 0 Å². The van der Waals surface area contributed by atoms with Crippen LogP contribution < -0.4 is 0 Å². The monoisotopic (exact) mass is 206 g/mol. The van der Waals surface area contributed by atoms with Crippen LogP contribution in [-0.4, -0.2) is 24.3 Å². The standard InChI is InChI=1S/C12H14O3/c1-15-11(14)12-5-4-9(13)10(12)7-2-3-8(12)6-7/h2-5,7-10,13H,6H2,1H3/t7-,8+,9+,10?,12-/m1/s1. The lowest BCUT2D eigenvalue weighted by molar-refractivity contribution is -0.154. The molecule has 0 spiro atoms. The summed E-state index contributed by atoms with van der Waals surface area (Å²) in [4.78, 5) is 11.9. The zero-order valence-corrected chi connectivity index (χ0v) is 8.59. The Bertz CT molecular complexity index is 371.